The van der Waals surface area contributed by atoms with Crippen LogP contribution in [0.2, 0.25) is 0 Å². The van der Waals surface area contributed by atoms with Crippen LogP contribution in [-0.4, -0.2) is 24.5 Å². The Bertz CT molecular complexity index is 522. The van der Waals surface area contributed by atoms with Gasteiger partial charge in [0.1, 0.15) is 0 Å². The summed E-state index contributed by atoms with van der Waals surface area (Å²) in [7, 11) is 1.70. The van der Waals surface area contributed by atoms with Gasteiger partial charge < -0.3 is 4.74 Å². The average molecular weight is 275 g/mol. The van der Waals surface area contributed by atoms with Crippen molar-refractivity contribution in [3.8, 4) is 0 Å². The fraction of sp³-hybridized carbons (Fsp3) is 0.333. The molecular formula is C15H17NO2S. The van der Waals surface area contributed by atoms with E-state index < -0.39 is 0 Å². The maximum absolute atomic E-state index is 12.0. The molecule has 100 valence electrons. The lowest BCUT2D eigenvalue weighted by molar-refractivity contribution is 0.0992. The number of thiazole rings is 1. The Morgan fingerprint density at radius 3 is 2.84 bits per heavy atom. The molecule has 2 rings (SSSR count). The van der Waals surface area contributed by atoms with Crippen LogP contribution in [0.5, 0.6) is 0 Å². The first-order valence-corrected chi connectivity index (χ1v) is 7.18. The van der Waals surface area contributed by atoms with E-state index in [0.29, 0.717) is 6.42 Å². The molecule has 0 aliphatic rings. The number of methoxy groups -OCH3 is 1. The van der Waals surface area contributed by atoms with E-state index in [9.17, 15) is 4.79 Å². The minimum Gasteiger partial charge on any atom is -0.385 e. The van der Waals surface area contributed by atoms with Crippen LogP contribution in [0.1, 0.15) is 27.5 Å². The molecule has 1 aromatic carbocycles. The van der Waals surface area contributed by atoms with Crippen molar-refractivity contribution in [2.75, 3.05) is 13.7 Å². The molecule has 0 fully saturated rings. The minimum atomic E-state index is 0.120. The second-order valence-corrected chi connectivity index (χ2v) is 5.24. The quantitative estimate of drug-likeness (QED) is 0.575. The van der Waals surface area contributed by atoms with E-state index in [1.807, 2.05) is 35.7 Å². The van der Waals surface area contributed by atoms with Gasteiger partial charge in [0, 0.05) is 31.1 Å². The van der Waals surface area contributed by atoms with E-state index in [0.717, 1.165) is 35.7 Å². The molecule has 0 saturated heterocycles. The zero-order valence-corrected chi connectivity index (χ0v) is 11.8. The number of hydrogen-bond acceptors (Lipinski definition) is 4. The summed E-state index contributed by atoms with van der Waals surface area (Å²) in [6.45, 7) is 0.748. The van der Waals surface area contributed by atoms with Gasteiger partial charge in [-0.05, 0) is 6.42 Å². The summed E-state index contributed by atoms with van der Waals surface area (Å²) >= 11 is 1.62. The molecule has 3 nitrogen and oxygen atoms in total. The molecule has 0 unspecified atom stereocenters. The number of hydrogen-bond donors (Lipinski definition) is 0. The molecular weight excluding hydrogens is 258 g/mol. The molecule has 0 spiro atoms. The van der Waals surface area contributed by atoms with Crippen molar-refractivity contribution in [3.63, 3.8) is 0 Å². The molecule has 0 atom stereocenters. The first-order chi connectivity index (χ1) is 9.29. The Hall–Kier alpha value is -1.52. The Kier molecular flexibility index (Phi) is 5.24. The van der Waals surface area contributed by atoms with Crippen LogP contribution < -0.4 is 0 Å². The Morgan fingerprint density at radius 2 is 2.11 bits per heavy atom. The number of aromatic nitrogens is 1. The zero-order valence-electron chi connectivity index (χ0n) is 11.0. The van der Waals surface area contributed by atoms with Crippen LogP contribution in [0.25, 0.3) is 0 Å². The summed E-state index contributed by atoms with van der Waals surface area (Å²) in [6, 6.07) is 9.35. The summed E-state index contributed by atoms with van der Waals surface area (Å²) in [5.74, 6) is 0.120. The standard InChI is InChI=1S/C15H17NO2S/c1-18-9-5-8-15-16-13(11-19-15)10-14(17)12-6-3-2-4-7-12/h2-4,6-7,11H,5,8-10H2,1H3. The van der Waals surface area contributed by atoms with Gasteiger partial charge in [-0.25, -0.2) is 4.98 Å². The molecule has 0 saturated carbocycles. The predicted octanol–water partition coefficient (Wildman–Crippen LogP) is 3.15. The molecule has 0 N–H and O–H groups in total. The highest BCUT2D eigenvalue weighted by atomic mass is 32.1. The van der Waals surface area contributed by atoms with Crippen molar-refractivity contribution in [3.05, 3.63) is 52.0 Å². The average Bonchev–Trinajstić information content (AvgIpc) is 2.88. The van der Waals surface area contributed by atoms with Gasteiger partial charge in [-0.15, -0.1) is 11.3 Å². The third kappa shape index (κ3) is 4.26. The van der Waals surface area contributed by atoms with E-state index >= 15 is 0 Å². The predicted molar refractivity (Wildman–Crippen MR) is 76.8 cm³/mol. The highest BCUT2D eigenvalue weighted by Gasteiger charge is 2.09. The second kappa shape index (κ2) is 7.16. The number of carbonyl (C=O) groups is 1. The van der Waals surface area contributed by atoms with Crippen molar-refractivity contribution in [1.82, 2.24) is 4.98 Å². The van der Waals surface area contributed by atoms with Crippen LogP contribution >= 0.6 is 11.3 Å². The van der Waals surface area contributed by atoms with E-state index in [2.05, 4.69) is 4.98 Å². The van der Waals surface area contributed by atoms with Gasteiger partial charge in [0.25, 0.3) is 0 Å². The first kappa shape index (κ1) is 13.9. The molecule has 0 bridgehead atoms. The molecule has 0 aliphatic heterocycles. The molecule has 4 heteroatoms. The Labute approximate surface area is 117 Å². The zero-order chi connectivity index (χ0) is 13.5. The van der Waals surface area contributed by atoms with Crippen molar-refractivity contribution in [1.29, 1.82) is 0 Å². The van der Waals surface area contributed by atoms with Crippen molar-refractivity contribution in [2.45, 2.75) is 19.3 Å². The summed E-state index contributed by atoms with van der Waals surface area (Å²) in [5.41, 5.74) is 1.61. The Balaban J connectivity index is 1.91. The largest absolute Gasteiger partial charge is 0.385 e. The maximum atomic E-state index is 12.0. The van der Waals surface area contributed by atoms with Crippen molar-refractivity contribution < 1.29 is 9.53 Å². The van der Waals surface area contributed by atoms with E-state index in [1.165, 1.54) is 0 Å². The normalized spacial score (nSPS) is 10.6. The maximum Gasteiger partial charge on any atom is 0.168 e. The highest BCUT2D eigenvalue weighted by Crippen LogP contribution is 2.14. The minimum absolute atomic E-state index is 0.120. The number of carbonyl (C=O) groups excluding carboxylic acids is 1. The van der Waals surface area contributed by atoms with Crippen LogP contribution in [0, 0.1) is 0 Å². The van der Waals surface area contributed by atoms with Gasteiger partial charge in [-0.3, -0.25) is 4.79 Å². The van der Waals surface area contributed by atoms with Crippen molar-refractivity contribution >= 4 is 17.1 Å². The van der Waals surface area contributed by atoms with Gasteiger partial charge in [-0.2, -0.15) is 0 Å². The summed E-state index contributed by atoms with van der Waals surface area (Å²) < 4.78 is 5.02. The van der Waals surface area contributed by atoms with Gasteiger partial charge in [-0.1, -0.05) is 30.3 Å². The number of ether oxygens (including phenoxy) is 1. The highest BCUT2D eigenvalue weighted by molar-refractivity contribution is 7.09. The van der Waals surface area contributed by atoms with Gasteiger partial charge in [0.15, 0.2) is 5.78 Å². The van der Waals surface area contributed by atoms with Gasteiger partial charge in [0.2, 0.25) is 0 Å². The van der Waals surface area contributed by atoms with Crippen LogP contribution in [0.4, 0.5) is 0 Å². The van der Waals surface area contributed by atoms with Gasteiger partial charge >= 0.3 is 0 Å². The third-order valence-corrected chi connectivity index (χ3v) is 3.73. The lowest BCUT2D eigenvalue weighted by Gasteiger charge is -1.98. The number of aryl methyl sites for hydroxylation is 1. The summed E-state index contributed by atoms with van der Waals surface area (Å²) in [4.78, 5) is 16.5. The van der Waals surface area contributed by atoms with E-state index in [4.69, 9.17) is 4.74 Å². The van der Waals surface area contributed by atoms with Crippen LogP contribution in [-0.2, 0) is 17.6 Å². The summed E-state index contributed by atoms with van der Waals surface area (Å²) in [6.07, 6.45) is 2.26. The second-order valence-electron chi connectivity index (χ2n) is 4.29. The topological polar surface area (TPSA) is 39.2 Å². The fourth-order valence-corrected chi connectivity index (χ4v) is 2.64. The monoisotopic (exact) mass is 275 g/mol. The first-order valence-electron chi connectivity index (χ1n) is 6.30. The van der Waals surface area contributed by atoms with Gasteiger partial charge in [0.05, 0.1) is 17.1 Å². The number of Topliss-reactive ketones (excluding diaryl/α,β-unsaturated/α-hetero) is 1. The molecule has 2 aromatic rings. The molecule has 1 heterocycles. The van der Waals surface area contributed by atoms with Crippen LogP contribution in [0.3, 0.4) is 0 Å². The molecule has 0 amide bonds. The van der Waals surface area contributed by atoms with E-state index in [-0.39, 0.29) is 5.78 Å². The molecule has 1 aromatic heterocycles. The number of nitrogens with zero attached hydrogens (tertiary/aromatic N) is 1. The number of rotatable bonds is 7. The molecule has 0 radical (unpaired) electrons. The lowest BCUT2D eigenvalue weighted by Crippen LogP contribution is -2.03. The van der Waals surface area contributed by atoms with Crippen molar-refractivity contribution in [2.24, 2.45) is 0 Å². The lowest BCUT2D eigenvalue weighted by atomic mass is 10.1. The Morgan fingerprint density at radius 1 is 1.32 bits per heavy atom. The number of ketones is 1. The van der Waals surface area contributed by atoms with Crippen LogP contribution in [0.15, 0.2) is 35.7 Å². The molecule has 19 heavy (non-hydrogen) atoms. The third-order valence-electron chi connectivity index (χ3n) is 2.78. The fourth-order valence-electron chi connectivity index (χ4n) is 1.80. The SMILES string of the molecule is COCCCc1nc(CC(=O)c2ccccc2)cs1. The molecule has 0 aliphatic carbocycles. The van der Waals surface area contributed by atoms with E-state index in [1.54, 1.807) is 18.4 Å². The smallest absolute Gasteiger partial charge is 0.168 e. The summed E-state index contributed by atoms with van der Waals surface area (Å²) in [5, 5.41) is 3.05. The number of benzene rings is 1.